The van der Waals surface area contributed by atoms with Crippen molar-refractivity contribution in [3.63, 3.8) is 0 Å². The van der Waals surface area contributed by atoms with E-state index in [1.54, 1.807) is 19.2 Å². The number of nitrogens with zero attached hydrogens (tertiary/aromatic N) is 1. The molecule has 2 heterocycles. The second-order valence-corrected chi connectivity index (χ2v) is 4.86. The third-order valence-corrected chi connectivity index (χ3v) is 3.33. The molecule has 1 fully saturated rings. The highest BCUT2D eigenvalue weighted by atomic mass is 16.5. The lowest BCUT2D eigenvalue weighted by Crippen LogP contribution is -2.37. The molecule has 1 aromatic rings. The van der Waals surface area contributed by atoms with E-state index in [-0.39, 0.29) is 5.91 Å². The molecule has 106 valence electrons. The molecule has 0 spiro atoms. The van der Waals surface area contributed by atoms with E-state index in [2.05, 4.69) is 10.2 Å². The van der Waals surface area contributed by atoms with Gasteiger partial charge in [-0.1, -0.05) is 6.42 Å². The van der Waals surface area contributed by atoms with E-state index in [1.807, 2.05) is 0 Å². The van der Waals surface area contributed by atoms with E-state index >= 15 is 0 Å². The minimum Gasteiger partial charge on any atom is -0.453 e. The van der Waals surface area contributed by atoms with Crippen LogP contribution in [-0.4, -0.2) is 44.1 Å². The molecule has 5 nitrogen and oxygen atoms in total. The molecule has 0 saturated carbocycles. The van der Waals surface area contributed by atoms with Gasteiger partial charge in [0.05, 0.1) is 0 Å². The fraction of sp³-hybridized carbons (Fsp3) is 0.643. The highest BCUT2D eigenvalue weighted by Gasteiger charge is 2.12. The molecule has 1 aliphatic heterocycles. The number of ether oxygens (including phenoxy) is 1. The van der Waals surface area contributed by atoms with Crippen LogP contribution in [-0.2, 0) is 11.3 Å². The Hall–Kier alpha value is -1.33. The van der Waals surface area contributed by atoms with Gasteiger partial charge in [-0.2, -0.15) is 0 Å². The van der Waals surface area contributed by atoms with Gasteiger partial charge >= 0.3 is 0 Å². The Morgan fingerprint density at radius 2 is 2.16 bits per heavy atom. The molecule has 1 N–H and O–H groups in total. The van der Waals surface area contributed by atoms with Crippen LogP contribution in [0.15, 0.2) is 16.5 Å². The van der Waals surface area contributed by atoms with Crippen molar-refractivity contribution >= 4 is 5.91 Å². The Balaban J connectivity index is 1.70. The maximum atomic E-state index is 11.8. The molecule has 0 unspecified atom stereocenters. The van der Waals surface area contributed by atoms with Crippen molar-refractivity contribution in [3.8, 4) is 0 Å². The molecule has 5 heteroatoms. The maximum Gasteiger partial charge on any atom is 0.287 e. The molecule has 0 aromatic carbocycles. The van der Waals surface area contributed by atoms with Crippen LogP contribution in [0.4, 0.5) is 0 Å². The minimum atomic E-state index is -0.153. The van der Waals surface area contributed by atoms with Gasteiger partial charge in [0, 0.05) is 20.2 Å². The van der Waals surface area contributed by atoms with Gasteiger partial charge in [-0.15, -0.1) is 0 Å². The van der Waals surface area contributed by atoms with Crippen molar-refractivity contribution in [1.82, 2.24) is 10.2 Å². The average molecular weight is 266 g/mol. The zero-order valence-corrected chi connectivity index (χ0v) is 11.5. The summed E-state index contributed by atoms with van der Waals surface area (Å²) in [5, 5.41) is 2.89. The van der Waals surface area contributed by atoms with Gasteiger partial charge in [0.25, 0.3) is 5.91 Å². The number of carbonyl (C=O) groups is 1. The van der Waals surface area contributed by atoms with Crippen molar-refractivity contribution in [2.75, 3.05) is 33.3 Å². The average Bonchev–Trinajstić information content (AvgIpc) is 2.89. The van der Waals surface area contributed by atoms with Crippen LogP contribution < -0.4 is 5.32 Å². The number of likely N-dealkylation sites (tertiary alicyclic amines) is 1. The number of methoxy groups -OCH3 is 1. The Morgan fingerprint density at radius 1 is 1.37 bits per heavy atom. The zero-order valence-electron chi connectivity index (χ0n) is 11.5. The summed E-state index contributed by atoms with van der Waals surface area (Å²) >= 11 is 0. The first-order valence-electron chi connectivity index (χ1n) is 6.88. The molecule has 2 rings (SSSR count). The van der Waals surface area contributed by atoms with E-state index in [9.17, 15) is 4.79 Å². The molecule has 0 radical (unpaired) electrons. The van der Waals surface area contributed by atoms with Gasteiger partial charge in [0.2, 0.25) is 0 Å². The Kier molecular flexibility index (Phi) is 5.42. The number of amides is 1. The summed E-state index contributed by atoms with van der Waals surface area (Å²) in [4.78, 5) is 14.2. The summed E-state index contributed by atoms with van der Waals surface area (Å²) < 4.78 is 10.3. The fourth-order valence-electron chi connectivity index (χ4n) is 2.32. The van der Waals surface area contributed by atoms with Gasteiger partial charge < -0.3 is 19.4 Å². The number of carbonyl (C=O) groups excluding carboxylic acids is 1. The van der Waals surface area contributed by atoms with Crippen LogP contribution in [0.1, 0.15) is 35.6 Å². The van der Waals surface area contributed by atoms with Gasteiger partial charge in [-0.05, 0) is 38.1 Å². The lowest BCUT2D eigenvalue weighted by molar-refractivity contribution is 0.0910. The van der Waals surface area contributed by atoms with Crippen molar-refractivity contribution in [2.45, 2.75) is 25.9 Å². The van der Waals surface area contributed by atoms with Crippen molar-refractivity contribution in [2.24, 2.45) is 0 Å². The monoisotopic (exact) mass is 266 g/mol. The molecule has 0 atom stereocenters. The number of nitrogens with one attached hydrogen (secondary N) is 1. The smallest absolute Gasteiger partial charge is 0.287 e. The minimum absolute atomic E-state index is 0.153. The Morgan fingerprint density at radius 3 is 2.89 bits per heavy atom. The Labute approximate surface area is 113 Å². The molecule has 1 saturated heterocycles. The summed E-state index contributed by atoms with van der Waals surface area (Å²) in [6, 6.07) is 3.45. The standard InChI is InChI=1S/C14H22N2O3/c1-18-11-12-5-6-13(19-12)14(17)15-7-10-16-8-3-2-4-9-16/h5-6H,2-4,7-11H2,1H3,(H,15,17). The topological polar surface area (TPSA) is 54.7 Å². The highest BCUT2D eigenvalue weighted by molar-refractivity contribution is 5.91. The van der Waals surface area contributed by atoms with Crippen LogP contribution in [0.3, 0.4) is 0 Å². The van der Waals surface area contributed by atoms with Gasteiger partial charge in [-0.3, -0.25) is 4.79 Å². The fourth-order valence-corrected chi connectivity index (χ4v) is 2.32. The van der Waals surface area contributed by atoms with Crippen molar-refractivity contribution in [3.05, 3.63) is 23.7 Å². The third-order valence-electron chi connectivity index (χ3n) is 3.33. The first kappa shape index (κ1) is 14.1. The molecule has 1 aromatic heterocycles. The van der Waals surface area contributed by atoms with Gasteiger partial charge in [-0.25, -0.2) is 0 Å². The van der Waals surface area contributed by atoms with Gasteiger partial charge in [0.1, 0.15) is 12.4 Å². The number of rotatable bonds is 6. The van der Waals surface area contributed by atoms with Crippen molar-refractivity contribution < 1.29 is 13.9 Å². The summed E-state index contributed by atoms with van der Waals surface area (Å²) in [5.74, 6) is 0.869. The summed E-state index contributed by atoms with van der Waals surface area (Å²) in [7, 11) is 1.60. The van der Waals surface area contributed by atoms with Crippen LogP contribution in [0.5, 0.6) is 0 Å². The molecular formula is C14H22N2O3. The highest BCUT2D eigenvalue weighted by Crippen LogP contribution is 2.09. The summed E-state index contributed by atoms with van der Waals surface area (Å²) in [6.45, 7) is 4.26. The molecule has 1 amide bonds. The van der Waals surface area contributed by atoms with Crippen LogP contribution in [0.2, 0.25) is 0 Å². The van der Waals surface area contributed by atoms with E-state index in [0.717, 1.165) is 19.6 Å². The second-order valence-electron chi connectivity index (χ2n) is 4.86. The predicted octanol–water partition coefficient (Wildman–Crippen LogP) is 1.64. The van der Waals surface area contributed by atoms with Crippen LogP contribution in [0.25, 0.3) is 0 Å². The SMILES string of the molecule is COCc1ccc(C(=O)NCCN2CCCCC2)o1. The van der Waals surface area contributed by atoms with Crippen LogP contribution in [0, 0.1) is 0 Å². The predicted molar refractivity (Wildman–Crippen MR) is 72.0 cm³/mol. The number of hydrogen-bond donors (Lipinski definition) is 1. The zero-order chi connectivity index (χ0) is 13.5. The van der Waals surface area contributed by atoms with E-state index in [1.165, 1.54) is 19.3 Å². The second kappa shape index (κ2) is 7.31. The van der Waals surface area contributed by atoms with E-state index in [0.29, 0.717) is 24.7 Å². The van der Waals surface area contributed by atoms with E-state index in [4.69, 9.17) is 9.15 Å². The summed E-state index contributed by atoms with van der Waals surface area (Å²) in [6.07, 6.45) is 3.87. The molecule has 1 aliphatic rings. The third kappa shape index (κ3) is 4.36. The normalized spacial score (nSPS) is 16.5. The largest absolute Gasteiger partial charge is 0.453 e. The molecule has 0 aliphatic carbocycles. The maximum absolute atomic E-state index is 11.8. The molecule has 0 bridgehead atoms. The lowest BCUT2D eigenvalue weighted by atomic mass is 10.1. The molecule has 19 heavy (non-hydrogen) atoms. The molecular weight excluding hydrogens is 244 g/mol. The van der Waals surface area contributed by atoms with Crippen molar-refractivity contribution in [1.29, 1.82) is 0 Å². The summed E-state index contributed by atoms with van der Waals surface area (Å²) in [5.41, 5.74) is 0. The first-order valence-corrected chi connectivity index (χ1v) is 6.88. The van der Waals surface area contributed by atoms with Gasteiger partial charge in [0.15, 0.2) is 5.76 Å². The van der Waals surface area contributed by atoms with Crippen LogP contribution >= 0.6 is 0 Å². The first-order chi connectivity index (χ1) is 9.29. The Bertz CT molecular complexity index is 397. The number of furan rings is 1. The number of piperidine rings is 1. The number of hydrogen-bond acceptors (Lipinski definition) is 4. The van der Waals surface area contributed by atoms with E-state index < -0.39 is 0 Å². The quantitative estimate of drug-likeness (QED) is 0.850. The lowest BCUT2D eigenvalue weighted by Gasteiger charge is -2.26.